The first-order valence-electron chi connectivity index (χ1n) is 8.88. The van der Waals surface area contributed by atoms with Crippen molar-refractivity contribution in [2.45, 2.75) is 57.7 Å². The Morgan fingerprint density at radius 1 is 1.14 bits per heavy atom. The van der Waals surface area contributed by atoms with Crippen LogP contribution in [0.15, 0.2) is 12.5 Å². The molecule has 1 aromatic rings. The monoisotopic (exact) mass is 397 g/mol. The third-order valence-corrected chi connectivity index (χ3v) is 3.94. The molecule has 0 aliphatic carbocycles. The van der Waals surface area contributed by atoms with E-state index in [1.807, 2.05) is 13.8 Å². The Labute approximate surface area is 162 Å². The number of nitrogens with two attached hydrogens (primary N) is 1. The summed E-state index contributed by atoms with van der Waals surface area (Å²) in [6, 6.07) is -3.31. The summed E-state index contributed by atoms with van der Waals surface area (Å²) in [7, 11) is 0. The normalized spacial score (nSPS) is 14.1. The van der Waals surface area contributed by atoms with Crippen molar-refractivity contribution in [2.75, 3.05) is 0 Å². The molecule has 0 aliphatic rings. The molecule has 156 valence electrons. The molecule has 0 saturated carbocycles. The topological polar surface area (TPSA) is 187 Å². The molecule has 2 amide bonds. The van der Waals surface area contributed by atoms with E-state index in [9.17, 15) is 24.3 Å². The molecule has 0 radical (unpaired) electrons. The number of aliphatic carboxylic acids is 2. The average molecular weight is 397 g/mol. The number of hydrogen-bond acceptors (Lipinski definition) is 6. The lowest BCUT2D eigenvalue weighted by Gasteiger charge is -2.23. The van der Waals surface area contributed by atoms with Gasteiger partial charge in [-0.1, -0.05) is 13.8 Å². The number of carboxylic acid groups (broad SMARTS) is 2. The van der Waals surface area contributed by atoms with Crippen molar-refractivity contribution in [1.82, 2.24) is 20.6 Å². The molecule has 0 bridgehead atoms. The Bertz CT molecular complexity index is 676. The highest BCUT2D eigenvalue weighted by molar-refractivity contribution is 5.92. The molecular formula is C17H27N5O6. The van der Waals surface area contributed by atoms with E-state index in [1.54, 1.807) is 0 Å². The van der Waals surface area contributed by atoms with E-state index >= 15 is 0 Å². The largest absolute Gasteiger partial charge is 0.481 e. The lowest BCUT2D eigenvalue weighted by atomic mass is 10.0. The number of aromatic amines is 1. The maximum absolute atomic E-state index is 12.6. The molecule has 1 aromatic heterocycles. The number of imidazole rings is 1. The SMILES string of the molecule is CC(C)CC(N)C(=O)NC(Cc1cnc[nH]1)C(=O)NC(CCC(=O)O)C(=O)O. The Hall–Kier alpha value is -2.95. The predicted octanol–water partition coefficient (Wildman–Crippen LogP) is -0.755. The number of aromatic nitrogens is 2. The fourth-order valence-electron chi connectivity index (χ4n) is 2.52. The summed E-state index contributed by atoms with van der Waals surface area (Å²) in [5, 5.41) is 22.7. The number of nitrogens with zero attached hydrogens (tertiary/aromatic N) is 1. The number of carbonyl (C=O) groups excluding carboxylic acids is 2. The first-order chi connectivity index (χ1) is 13.1. The quantitative estimate of drug-likeness (QED) is 0.265. The van der Waals surface area contributed by atoms with E-state index in [0.29, 0.717) is 12.1 Å². The average Bonchev–Trinajstić information content (AvgIpc) is 3.09. The van der Waals surface area contributed by atoms with Gasteiger partial charge in [-0.05, 0) is 18.8 Å². The van der Waals surface area contributed by atoms with Gasteiger partial charge in [0.05, 0.1) is 12.4 Å². The lowest BCUT2D eigenvalue weighted by molar-refractivity contribution is -0.143. The number of rotatable bonds is 12. The maximum atomic E-state index is 12.6. The van der Waals surface area contributed by atoms with E-state index in [-0.39, 0.29) is 18.8 Å². The molecule has 1 rings (SSSR count). The Morgan fingerprint density at radius 3 is 2.29 bits per heavy atom. The molecular weight excluding hydrogens is 370 g/mol. The fourth-order valence-corrected chi connectivity index (χ4v) is 2.52. The van der Waals surface area contributed by atoms with E-state index in [2.05, 4.69) is 20.6 Å². The smallest absolute Gasteiger partial charge is 0.326 e. The molecule has 1 heterocycles. The minimum absolute atomic E-state index is 0.0389. The second-order valence-electron chi connectivity index (χ2n) is 6.91. The standard InChI is InChI=1S/C17H27N5O6/c1-9(2)5-11(18)15(25)22-13(6-10-7-19-8-20-10)16(26)21-12(17(27)28)3-4-14(23)24/h7-9,11-13H,3-6,18H2,1-2H3,(H,19,20)(H,21,26)(H,22,25)(H,23,24)(H,27,28). The second kappa shape index (κ2) is 11.0. The number of hydrogen-bond donors (Lipinski definition) is 6. The number of nitrogens with one attached hydrogen (secondary N) is 3. The van der Waals surface area contributed by atoms with E-state index < -0.39 is 48.3 Å². The summed E-state index contributed by atoms with van der Waals surface area (Å²) in [5.41, 5.74) is 6.40. The highest BCUT2D eigenvalue weighted by atomic mass is 16.4. The van der Waals surface area contributed by atoms with Gasteiger partial charge in [0, 0.05) is 24.7 Å². The highest BCUT2D eigenvalue weighted by Crippen LogP contribution is 2.06. The first kappa shape index (κ1) is 23.1. The summed E-state index contributed by atoms with van der Waals surface area (Å²) >= 11 is 0. The van der Waals surface area contributed by atoms with Gasteiger partial charge in [0.2, 0.25) is 11.8 Å². The van der Waals surface area contributed by atoms with Gasteiger partial charge in [0.15, 0.2) is 0 Å². The molecule has 11 nitrogen and oxygen atoms in total. The summed E-state index contributed by atoms with van der Waals surface area (Å²) in [4.78, 5) is 53.6. The molecule has 0 aliphatic heterocycles. The van der Waals surface area contributed by atoms with E-state index in [4.69, 9.17) is 10.8 Å². The van der Waals surface area contributed by atoms with Crippen LogP contribution in [0, 0.1) is 5.92 Å². The summed E-state index contributed by atoms with van der Waals surface area (Å²) < 4.78 is 0. The van der Waals surface area contributed by atoms with Crippen molar-refractivity contribution in [3.63, 3.8) is 0 Å². The van der Waals surface area contributed by atoms with Gasteiger partial charge in [0.25, 0.3) is 0 Å². The van der Waals surface area contributed by atoms with Gasteiger partial charge >= 0.3 is 11.9 Å². The van der Waals surface area contributed by atoms with Crippen molar-refractivity contribution in [3.8, 4) is 0 Å². The van der Waals surface area contributed by atoms with Crippen molar-refractivity contribution in [1.29, 1.82) is 0 Å². The Morgan fingerprint density at radius 2 is 1.79 bits per heavy atom. The van der Waals surface area contributed by atoms with Crippen LogP contribution in [0.2, 0.25) is 0 Å². The van der Waals surface area contributed by atoms with Crippen LogP contribution < -0.4 is 16.4 Å². The second-order valence-corrected chi connectivity index (χ2v) is 6.91. The number of amides is 2. The molecule has 28 heavy (non-hydrogen) atoms. The zero-order chi connectivity index (χ0) is 21.3. The van der Waals surface area contributed by atoms with E-state index in [0.717, 1.165) is 0 Å². The third-order valence-electron chi connectivity index (χ3n) is 3.94. The minimum atomic E-state index is -1.39. The van der Waals surface area contributed by atoms with Crippen LogP contribution in [0.3, 0.4) is 0 Å². The number of carbonyl (C=O) groups is 4. The lowest BCUT2D eigenvalue weighted by Crippen LogP contribution is -2.55. The fraction of sp³-hybridized carbons (Fsp3) is 0.588. The molecule has 11 heteroatoms. The van der Waals surface area contributed by atoms with Gasteiger partial charge in [-0.15, -0.1) is 0 Å². The van der Waals surface area contributed by atoms with Crippen LogP contribution >= 0.6 is 0 Å². The Balaban J connectivity index is 2.87. The van der Waals surface area contributed by atoms with Gasteiger partial charge in [-0.25, -0.2) is 9.78 Å². The predicted molar refractivity (Wildman–Crippen MR) is 98.1 cm³/mol. The number of carboxylic acids is 2. The third kappa shape index (κ3) is 8.16. The van der Waals surface area contributed by atoms with Crippen LogP contribution in [-0.2, 0) is 25.6 Å². The molecule has 7 N–H and O–H groups in total. The molecule has 3 unspecified atom stereocenters. The van der Waals surface area contributed by atoms with Gasteiger partial charge in [-0.2, -0.15) is 0 Å². The van der Waals surface area contributed by atoms with Gasteiger partial charge in [-0.3, -0.25) is 14.4 Å². The number of H-pyrrole nitrogens is 1. The highest BCUT2D eigenvalue weighted by Gasteiger charge is 2.29. The van der Waals surface area contributed by atoms with Crippen LogP contribution in [-0.4, -0.2) is 62.1 Å². The van der Waals surface area contributed by atoms with Crippen molar-refractivity contribution >= 4 is 23.8 Å². The van der Waals surface area contributed by atoms with Crippen LogP contribution in [0.1, 0.15) is 38.8 Å². The molecule has 0 saturated heterocycles. The molecule has 0 fully saturated rings. The van der Waals surface area contributed by atoms with Gasteiger partial charge < -0.3 is 31.6 Å². The Kier molecular flexibility index (Phi) is 9.09. The molecule has 3 atom stereocenters. The van der Waals surface area contributed by atoms with Crippen LogP contribution in [0.5, 0.6) is 0 Å². The van der Waals surface area contributed by atoms with Crippen LogP contribution in [0.25, 0.3) is 0 Å². The minimum Gasteiger partial charge on any atom is -0.481 e. The van der Waals surface area contributed by atoms with Crippen molar-refractivity contribution in [3.05, 3.63) is 18.2 Å². The zero-order valence-electron chi connectivity index (χ0n) is 15.8. The van der Waals surface area contributed by atoms with Crippen molar-refractivity contribution < 1.29 is 29.4 Å². The first-order valence-corrected chi connectivity index (χ1v) is 8.88. The van der Waals surface area contributed by atoms with Crippen molar-refractivity contribution in [2.24, 2.45) is 11.7 Å². The maximum Gasteiger partial charge on any atom is 0.326 e. The summed E-state index contributed by atoms with van der Waals surface area (Å²) in [6.07, 6.45) is 2.63. The molecule has 0 aromatic carbocycles. The van der Waals surface area contributed by atoms with Gasteiger partial charge in [0.1, 0.15) is 12.1 Å². The summed E-state index contributed by atoms with van der Waals surface area (Å²) in [6.45, 7) is 3.81. The van der Waals surface area contributed by atoms with Crippen LogP contribution in [0.4, 0.5) is 0 Å². The van der Waals surface area contributed by atoms with E-state index in [1.165, 1.54) is 12.5 Å². The molecule has 0 spiro atoms. The summed E-state index contributed by atoms with van der Waals surface area (Å²) in [5.74, 6) is -3.66. The zero-order valence-corrected chi connectivity index (χ0v) is 15.8.